The van der Waals surface area contributed by atoms with Gasteiger partial charge in [0.1, 0.15) is 11.5 Å². The zero-order valence-corrected chi connectivity index (χ0v) is 13.0. The number of phenols is 2. The number of rotatable bonds is 7. The SMILES string of the molecule is Oc1ccccc1CN(CCP(O)O)Cc1ccccc1O. The number of benzene rings is 2. The molecule has 6 heteroatoms. The summed E-state index contributed by atoms with van der Waals surface area (Å²) in [7, 11) is -1.96. The van der Waals surface area contributed by atoms with Gasteiger partial charge in [0.25, 0.3) is 0 Å². The van der Waals surface area contributed by atoms with E-state index in [1.165, 1.54) is 0 Å². The number of hydrogen-bond acceptors (Lipinski definition) is 5. The van der Waals surface area contributed by atoms with Crippen LogP contribution in [-0.2, 0) is 13.1 Å². The largest absolute Gasteiger partial charge is 0.508 e. The van der Waals surface area contributed by atoms with Gasteiger partial charge in [-0.05, 0) is 12.1 Å². The van der Waals surface area contributed by atoms with E-state index in [0.29, 0.717) is 19.6 Å². The van der Waals surface area contributed by atoms with Gasteiger partial charge in [0.15, 0.2) is 8.38 Å². The van der Waals surface area contributed by atoms with Gasteiger partial charge in [-0.2, -0.15) is 0 Å². The first-order valence-corrected chi connectivity index (χ1v) is 8.41. The van der Waals surface area contributed by atoms with Gasteiger partial charge in [0.2, 0.25) is 0 Å². The Bertz CT molecular complexity index is 559. The Morgan fingerprint density at radius 1 is 0.773 bits per heavy atom. The smallest absolute Gasteiger partial charge is 0.166 e. The number of para-hydroxylation sites is 2. The highest BCUT2D eigenvalue weighted by molar-refractivity contribution is 7.45. The Morgan fingerprint density at radius 3 is 1.64 bits per heavy atom. The van der Waals surface area contributed by atoms with Crippen molar-refractivity contribution in [2.45, 2.75) is 13.1 Å². The second-order valence-electron chi connectivity index (χ2n) is 5.06. The molecule has 2 aromatic carbocycles. The second-order valence-corrected chi connectivity index (χ2v) is 6.26. The number of phenolic OH excluding ortho intramolecular Hbond substituents is 2. The van der Waals surface area contributed by atoms with Gasteiger partial charge in [0.05, 0.1) is 0 Å². The summed E-state index contributed by atoms with van der Waals surface area (Å²) in [4.78, 5) is 20.2. The second kappa shape index (κ2) is 8.11. The highest BCUT2D eigenvalue weighted by Crippen LogP contribution is 2.26. The number of nitrogens with zero attached hydrogens (tertiary/aromatic N) is 1. The monoisotopic (exact) mass is 321 g/mol. The van der Waals surface area contributed by atoms with Crippen LogP contribution >= 0.6 is 8.38 Å². The highest BCUT2D eigenvalue weighted by Gasteiger charge is 2.13. The Morgan fingerprint density at radius 2 is 1.23 bits per heavy atom. The molecule has 4 N–H and O–H groups in total. The maximum absolute atomic E-state index is 9.89. The third kappa shape index (κ3) is 4.97. The van der Waals surface area contributed by atoms with Crippen LogP contribution in [0.2, 0.25) is 0 Å². The summed E-state index contributed by atoms with van der Waals surface area (Å²) in [6, 6.07) is 14.1. The molecule has 0 aliphatic heterocycles. The van der Waals surface area contributed by atoms with Crippen LogP contribution < -0.4 is 0 Å². The van der Waals surface area contributed by atoms with Crippen LogP contribution in [0, 0.1) is 0 Å². The first-order chi connectivity index (χ1) is 10.6. The summed E-state index contributed by atoms with van der Waals surface area (Å²) in [6.45, 7) is 1.38. The van der Waals surface area contributed by atoms with Gasteiger partial charge in [-0.25, -0.2) is 0 Å². The highest BCUT2D eigenvalue weighted by atomic mass is 31.2. The Balaban J connectivity index is 2.12. The van der Waals surface area contributed by atoms with E-state index in [1.807, 2.05) is 29.2 Å². The lowest BCUT2D eigenvalue weighted by atomic mass is 10.1. The molecule has 0 aliphatic carbocycles. The summed E-state index contributed by atoms with van der Waals surface area (Å²) in [6.07, 6.45) is 0.260. The fraction of sp³-hybridized carbons (Fsp3) is 0.250. The average molecular weight is 321 g/mol. The Labute approximate surface area is 131 Å². The lowest BCUT2D eigenvalue weighted by molar-refractivity contribution is 0.262. The Hall–Kier alpha value is -1.65. The van der Waals surface area contributed by atoms with Gasteiger partial charge >= 0.3 is 0 Å². The van der Waals surface area contributed by atoms with Crippen molar-refractivity contribution in [3.63, 3.8) is 0 Å². The fourth-order valence-electron chi connectivity index (χ4n) is 2.22. The van der Waals surface area contributed by atoms with Crippen LogP contribution in [0.4, 0.5) is 0 Å². The molecular weight excluding hydrogens is 301 g/mol. The molecule has 0 unspecified atom stereocenters. The van der Waals surface area contributed by atoms with Crippen molar-refractivity contribution < 1.29 is 20.0 Å². The number of hydrogen-bond donors (Lipinski definition) is 4. The molecule has 0 amide bonds. The van der Waals surface area contributed by atoms with Crippen LogP contribution in [0.15, 0.2) is 48.5 Å². The molecule has 0 spiro atoms. The summed E-state index contributed by atoms with van der Waals surface area (Å²) < 4.78 is 0. The third-order valence-corrected chi connectivity index (χ3v) is 3.99. The zero-order valence-electron chi connectivity index (χ0n) is 12.1. The predicted molar refractivity (Wildman–Crippen MR) is 86.6 cm³/mol. The molecule has 2 rings (SSSR count). The molecule has 0 heterocycles. The van der Waals surface area contributed by atoms with Crippen molar-refractivity contribution in [2.24, 2.45) is 0 Å². The summed E-state index contributed by atoms with van der Waals surface area (Å²) in [5.74, 6) is 0.417. The van der Waals surface area contributed by atoms with E-state index in [4.69, 9.17) is 9.79 Å². The third-order valence-electron chi connectivity index (χ3n) is 3.39. The van der Waals surface area contributed by atoms with Crippen LogP contribution in [-0.4, -0.2) is 37.6 Å². The maximum atomic E-state index is 9.89. The Kier molecular flexibility index (Phi) is 6.16. The number of aromatic hydroxyl groups is 2. The van der Waals surface area contributed by atoms with Crippen molar-refractivity contribution in [3.05, 3.63) is 59.7 Å². The van der Waals surface area contributed by atoms with Crippen molar-refractivity contribution >= 4 is 8.38 Å². The molecule has 0 saturated carbocycles. The minimum Gasteiger partial charge on any atom is -0.508 e. The predicted octanol–water partition coefficient (Wildman–Crippen LogP) is 2.40. The fourth-order valence-corrected chi connectivity index (χ4v) is 2.68. The molecule has 118 valence electrons. The quantitative estimate of drug-likeness (QED) is 0.589. The molecule has 0 bridgehead atoms. The van der Waals surface area contributed by atoms with E-state index in [2.05, 4.69) is 0 Å². The topological polar surface area (TPSA) is 84.2 Å². The van der Waals surface area contributed by atoms with Crippen molar-refractivity contribution in [1.29, 1.82) is 0 Å². The van der Waals surface area contributed by atoms with Crippen molar-refractivity contribution in [3.8, 4) is 11.5 Å². The van der Waals surface area contributed by atoms with Gasteiger partial charge in [0, 0.05) is 36.9 Å². The van der Waals surface area contributed by atoms with E-state index in [9.17, 15) is 10.2 Å². The lowest BCUT2D eigenvalue weighted by Gasteiger charge is -2.23. The molecule has 22 heavy (non-hydrogen) atoms. The van der Waals surface area contributed by atoms with Crippen LogP contribution in [0.3, 0.4) is 0 Å². The lowest BCUT2D eigenvalue weighted by Crippen LogP contribution is -2.25. The van der Waals surface area contributed by atoms with Crippen molar-refractivity contribution in [2.75, 3.05) is 12.7 Å². The van der Waals surface area contributed by atoms with E-state index >= 15 is 0 Å². The molecule has 2 aromatic rings. The molecule has 0 radical (unpaired) electrons. The first kappa shape index (κ1) is 16.7. The standard InChI is InChI=1S/C16H20NO4P/c18-15-7-3-1-5-13(15)11-17(9-10-22(20)21)12-14-6-2-4-8-16(14)19/h1-8,18-21H,9-12H2. The van der Waals surface area contributed by atoms with Gasteiger partial charge in [-0.1, -0.05) is 36.4 Å². The molecule has 0 saturated heterocycles. The van der Waals surface area contributed by atoms with Crippen LogP contribution in [0.1, 0.15) is 11.1 Å². The molecule has 0 aliphatic rings. The van der Waals surface area contributed by atoms with Gasteiger partial charge in [-0.3, -0.25) is 4.90 Å². The average Bonchev–Trinajstić information content (AvgIpc) is 2.49. The molecule has 0 fully saturated rings. The normalized spacial score (nSPS) is 11.3. The van der Waals surface area contributed by atoms with E-state index in [1.54, 1.807) is 24.3 Å². The molecule has 5 nitrogen and oxygen atoms in total. The van der Waals surface area contributed by atoms with E-state index in [0.717, 1.165) is 11.1 Å². The summed E-state index contributed by atoms with van der Waals surface area (Å²) in [5.41, 5.74) is 1.52. The van der Waals surface area contributed by atoms with Crippen molar-refractivity contribution in [1.82, 2.24) is 4.90 Å². The van der Waals surface area contributed by atoms with E-state index < -0.39 is 8.38 Å². The first-order valence-electron chi connectivity index (χ1n) is 6.97. The summed E-state index contributed by atoms with van der Waals surface area (Å²) >= 11 is 0. The minimum atomic E-state index is -1.96. The van der Waals surface area contributed by atoms with Gasteiger partial charge in [-0.15, -0.1) is 0 Å². The zero-order chi connectivity index (χ0) is 15.9. The van der Waals surface area contributed by atoms with Gasteiger partial charge < -0.3 is 20.0 Å². The van der Waals surface area contributed by atoms with E-state index in [-0.39, 0.29) is 17.7 Å². The molecular formula is C16H20NO4P. The molecule has 0 aromatic heterocycles. The molecule has 0 atom stereocenters. The maximum Gasteiger partial charge on any atom is 0.166 e. The van der Waals surface area contributed by atoms with Crippen LogP contribution in [0.25, 0.3) is 0 Å². The van der Waals surface area contributed by atoms with Crippen LogP contribution in [0.5, 0.6) is 11.5 Å². The minimum absolute atomic E-state index is 0.208. The summed E-state index contributed by atoms with van der Waals surface area (Å²) in [5, 5.41) is 19.8.